The molecule has 1 N–H and O–H groups in total. The molecule has 2 rings (SSSR count). The lowest BCUT2D eigenvalue weighted by atomic mass is 9.89. The Morgan fingerprint density at radius 1 is 0.844 bits per heavy atom. The van der Waals surface area contributed by atoms with E-state index in [-0.39, 0.29) is 11.1 Å². The molecule has 0 fully saturated rings. The largest absolute Gasteiger partial charge is 0.478 e. The van der Waals surface area contributed by atoms with Crippen LogP contribution in [0.5, 0.6) is 0 Å². The number of rotatable bonds is 17. The smallest absolute Gasteiger partial charge is 0.344 e. The Morgan fingerprint density at radius 3 is 1.94 bits per heavy atom. The Morgan fingerprint density at radius 2 is 1.41 bits per heavy atom. The molecular formula is C28H42O4. The van der Waals surface area contributed by atoms with Crippen LogP contribution in [0.1, 0.15) is 136 Å². The minimum Gasteiger partial charge on any atom is -0.478 e. The van der Waals surface area contributed by atoms with Crippen molar-refractivity contribution in [3.05, 3.63) is 46.2 Å². The average molecular weight is 443 g/mol. The standard InChI is InChI=1S/C28H42O4/c1-3-5-7-9-11-13-16-22-20-21-25(27(29)30)26(28(31)32-23-17-15-18-23)24(22)19-14-12-10-8-6-4-2/h17,20-21H,3-16,18-19H2,1-2H3,(H,29,30). The van der Waals surface area contributed by atoms with E-state index in [9.17, 15) is 14.7 Å². The lowest BCUT2D eigenvalue weighted by Gasteiger charge is -2.19. The van der Waals surface area contributed by atoms with Crippen molar-refractivity contribution in [1.29, 1.82) is 0 Å². The second kappa shape index (κ2) is 14.9. The van der Waals surface area contributed by atoms with Crippen LogP contribution < -0.4 is 0 Å². The Bertz CT molecular complexity index is 763. The summed E-state index contributed by atoms with van der Waals surface area (Å²) < 4.78 is 5.55. The summed E-state index contributed by atoms with van der Waals surface area (Å²) in [6.07, 6.45) is 19.4. The number of carbonyl (C=O) groups excluding carboxylic acids is 1. The van der Waals surface area contributed by atoms with Crippen molar-refractivity contribution < 1.29 is 19.4 Å². The molecule has 178 valence electrons. The summed E-state index contributed by atoms with van der Waals surface area (Å²) in [4.78, 5) is 25.0. The summed E-state index contributed by atoms with van der Waals surface area (Å²) in [6.45, 7) is 4.43. The van der Waals surface area contributed by atoms with Crippen LogP contribution in [-0.4, -0.2) is 17.0 Å². The van der Waals surface area contributed by atoms with E-state index in [0.717, 1.165) is 56.1 Å². The molecular weight excluding hydrogens is 400 g/mol. The number of unbranched alkanes of at least 4 members (excludes halogenated alkanes) is 10. The Kier molecular flexibility index (Phi) is 12.2. The van der Waals surface area contributed by atoms with Crippen LogP contribution in [0.25, 0.3) is 0 Å². The number of ether oxygens (including phenoxy) is 1. The van der Waals surface area contributed by atoms with Gasteiger partial charge in [-0.3, -0.25) is 0 Å². The number of carboxylic acids is 1. The lowest BCUT2D eigenvalue weighted by molar-refractivity contribution is 0.0580. The van der Waals surface area contributed by atoms with E-state index in [4.69, 9.17) is 4.74 Å². The van der Waals surface area contributed by atoms with Gasteiger partial charge in [0.1, 0.15) is 5.76 Å². The zero-order valence-corrected chi connectivity index (χ0v) is 20.2. The highest BCUT2D eigenvalue weighted by molar-refractivity contribution is 6.04. The topological polar surface area (TPSA) is 63.6 Å². The maximum Gasteiger partial charge on any atom is 0.344 e. The first kappa shape index (κ1) is 26.2. The van der Waals surface area contributed by atoms with Crippen LogP contribution in [0.15, 0.2) is 24.0 Å². The second-order valence-corrected chi connectivity index (χ2v) is 9.07. The molecule has 1 aliphatic carbocycles. The maximum atomic E-state index is 13.0. The van der Waals surface area contributed by atoms with Gasteiger partial charge < -0.3 is 9.84 Å². The van der Waals surface area contributed by atoms with Crippen LogP contribution in [0.2, 0.25) is 0 Å². The molecule has 0 spiro atoms. The van der Waals surface area contributed by atoms with Crippen molar-refractivity contribution in [2.45, 2.75) is 117 Å². The molecule has 1 aromatic rings. The van der Waals surface area contributed by atoms with Crippen molar-refractivity contribution in [3.63, 3.8) is 0 Å². The summed E-state index contributed by atoms with van der Waals surface area (Å²) >= 11 is 0. The van der Waals surface area contributed by atoms with Crippen LogP contribution in [0.3, 0.4) is 0 Å². The molecule has 0 aromatic heterocycles. The summed E-state index contributed by atoms with van der Waals surface area (Å²) in [5.41, 5.74) is 2.37. The van der Waals surface area contributed by atoms with Gasteiger partial charge in [0.15, 0.2) is 0 Å². The molecule has 4 heteroatoms. The number of hydrogen-bond donors (Lipinski definition) is 1. The molecule has 32 heavy (non-hydrogen) atoms. The first-order chi connectivity index (χ1) is 15.6. The highest BCUT2D eigenvalue weighted by Gasteiger charge is 2.26. The number of aromatic carboxylic acids is 1. The molecule has 0 aliphatic heterocycles. The zero-order valence-electron chi connectivity index (χ0n) is 20.2. The van der Waals surface area contributed by atoms with E-state index in [1.165, 1.54) is 57.8 Å². The molecule has 0 saturated carbocycles. The number of aryl methyl sites for hydroxylation is 1. The normalized spacial score (nSPS) is 12.9. The number of carboxylic acid groups (broad SMARTS) is 1. The van der Waals surface area contributed by atoms with Gasteiger partial charge in [0.25, 0.3) is 0 Å². The van der Waals surface area contributed by atoms with Gasteiger partial charge in [-0.15, -0.1) is 0 Å². The molecule has 1 aromatic carbocycles. The molecule has 0 saturated heterocycles. The molecule has 0 radical (unpaired) electrons. The fourth-order valence-corrected chi connectivity index (χ4v) is 4.32. The van der Waals surface area contributed by atoms with Gasteiger partial charge in [-0.25, -0.2) is 9.59 Å². The summed E-state index contributed by atoms with van der Waals surface area (Å²) in [7, 11) is 0. The number of benzene rings is 1. The Labute approximate surface area is 194 Å². The molecule has 0 atom stereocenters. The highest BCUT2D eigenvalue weighted by atomic mass is 16.5. The van der Waals surface area contributed by atoms with Gasteiger partial charge in [-0.05, 0) is 55.4 Å². The molecule has 0 heterocycles. The fraction of sp³-hybridized carbons (Fsp3) is 0.643. The summed E-state index contributed by atoms with van der Waals surface area (Å²) in [6, 6.07) is 3.53. The second-order valence-electron chi connectivity index (χ2n) is 9.07. The van der Waals surface area contributed by atoms with E-state index in [1.807, 2.05) is 12.1 Å². The van der Waals surface area contributed by atoms with Crippen LogP contribution >= 0.6 is 0 Å². The lowest BCUT2D eigenvalue weighted by Crippen LogP contribution is -2.17. The zero-order chi connectivity index (χ0) is 23.2. The summed E-state index contributed by atoms with van der Waals surface area (Å²) in [5, 5.41) is 9.78. The molecule has 0 amide bonds. The SMILES string of the molecule is CCCCCCCCc1ccc(C(=O)O)c(C(=O)OC2=CCC2)c1CCCCCCCC. The van der Waals surface area contributed by atoms with Crippen molar-refractivity contribution in [2.24, 2.45) is 0 Å². The van der Waals surface area contributed by atoms with Crippen molar-refractivity contribution in [2.75, 3.05) is 0 Å². The third kappa shape index (κ3) is 8.44. The Hall–Kier alpha value is -2.10. The number of hydrogen-bond acceptors (Lipinski definition) is 3. The van der Waals surface area contributed by atoms with E-state index in [2.05, 4.69) is 13.8 Å². The monoisotopic (exact) mass is 442 g/mol. The van der Waals surface area contributed by atoms with Crippen molar-refractivity contribution in [3.8, 4) is 0 Å². The first-order valence-corrected chi connectivity index (χ1v) is 12.9. The summed E-state index contributed by atoms with van der Waals surface area (Å²) in [5.74, 6) is -0.896. The third-order valence-electron chi connectivity index (χ3n) is 6.41. The van der Waals surface area contributed by atoms with E-state index >= 15 is 0 Å². The molecule has 4 nitrogen and oxygen atoms in total. The average Bonchev–Trinajstić information content (AvgIpc) is 2.75. The van der Waals surface area contributed by atoms with E-state index in [1.54, 1.807) is 6.07 Å². The number of carbonyl (C=O) groups is 2. The van der Waals surface area contributed by atoms with Crippen molar-refractivity contribution in [1.82, 2.24) is 0 Å². The molecule has 1 aliphatic rings. The van der Waals surface area contributed by atoms with Crippen LogP contribution in [0.4, 0.5) is 0 Å². The van der Waals surface area contributed by atoms with Gasteiger partial charge in [0, 0.05) is 6.42 Å². The molecule has 0 unspecified atom stereocenters. The number of esters is 1. The van der Waals surface area contributed by atoms with E-state index < -0.39 is 11.9 Å². The minimum atomic E-state index is -1.06. The predicted molar refractivity (Wildman–Crippen MR) is 130 cm³/mol. The highest BCUT2D eigenvalue weighted by Crippen LogP contribution is 2.28. The maximum absolute atomic E-state index is 13.0. The van der Waals surface area contributed by atoms with Crippen LogP contribution in [-0.2, 0) is 17.6 Å². The Balaban J connectivity index is 2.18. The van der Waals surface area contributed by atoms with E-state index in [0.29, 0.717) is 5.76 Å². The van der Waals surface area contributed by atoms with Crippen molar-refractivity contribution >= 4 is 11.9 Å². The van der Waals surface area contributed by atoms with Crippen LogP contribution in [0, 0.1) is 0 Å². The van der Waals surface area contributed by atoms with Gasteiger partial charge in [0.05, 0.1) is 11.1 Å². The number of allylic oxidation sites excluding steroid dienone is 2. The molecule has 0 bridgehead atoms. The minimum absolute atomic E-state index is 0.0719. The third-order valence-corrected chi connectivity index (χ3v) is 6.41. The van der Waals surface area contributed by atoms with Gasteiger partial charge in [0.2, 0.25) is 0 Å². The predicted octanol–water partition coefficient (Wildman–Crippen LogP) is 8.03. The van der Waals surface area contributed by atoms with Gasteiger partial charge in [-0.1, -0.05) is 84.1 Å². The first-order valence-electron chi connectivity index (χ1n) is 12.9. The van der Waals surface area contributed by atoms with Gasteiger partial charge in [-0.2, -0.15) is 0 Å². The van der Waals surface area contributed by atoms with Gasteiger partial charge >= 0.3 is 11.9 Å². The quantitative estimate of drug-likeness (QED) is 0.196. The fourth-order valence-electron chi connectivity index (χ4n) is 4.32.